The number of hydrogen-bond donors (Lipinski definition) is 1. The minimum atomic E-state index is 0.238. The number of Topliss-reactive ketones (excluding diaryl/α,β-unsaturated/α-hetero) is 1. The predicted molar refractivity (Wildman–Crippen MR) is 51.9 cm³/mol. The Bertz CT molecular complexity index is 143. The van der Waals surface area contributed by atoms with Crippen LogP contribution in [-0.4, -0.2) is 12.3 Å². The van der Waals surface area contributed by atoms with Crippen molar-refractivity contribution in [2.75, 3.05) is 6.54 Å². The first kappa shape index (κ1) is 11.2. The second kappa shape index (κ2) is 6.89. The minimum Gasteiger partial charge on any atom is -0.391 e. The van der Waals surface area contributed by atoms with Crippen LogP contribution < -0.4 is 5.32 Å². The number of nitrogens with one attached hydrogen (secondary N) is 1. The first-order valence-corrected chi connectivity index (χ1v) is 4.63. The second-order valence-corrected chi connectivity index (χ2v) is 2.87. The summed E-state index contributed by atoms with van der Waals surface area (Å²) in [7, 11) is 0. The van der Waals surface area contributed by atoms with Gasteiger partial charge in [0.25, 0.3) is 0 Å². The molecule has 70 valence electrons. The minimum absolute atomic E-state index is 0.238. The van der Waals surface area contributed by atoms with Crippen molar-refractivity contribution in [2.45, 2.75) is 33.1 Å². The van der Waals surface area contributed by atoms with Crippen LogP contribution in [0.15, 0.2) is 12.8 Å². The molecular formula is C10H19NO. The monoisotopic (exact) mass is 169 g/mol. The molecule has 0 aromatic heterocycles. The molecule has 0 bridgehead atoms. The molecule has 1 unspecified atom stereocenters. The van der Waals surface area contributed by atoms with Crippen molar-refractivity contribution in [3.05, 3.63) is 12.8 Å². The van der Waals surface area contributed by atoms with Crippen LogP contribution in [0, 0.1) is 5.92 Å². The summed E-state index contributed by atoms with van der Waals surface area (Å²) >= 11 is 0. The Morgan fingerprint density at radius 3 is 2.67 bits per heavy atom. The fourth-order valence-corrected chi connectivity index (χ4v) is 1.24. The average molecular weight is 169 g/mol. The standard InChI is InChI=1S/C10H19NO/c1-4-9(10(12)5-2)7-8-11-6-3/h6,9,11H,3-5,7-8H2,1-2H3. The van der Waals surface area contributed by atoms with Gasteiger partial charge in [-0.2, -0.15) is 0 Å². The van der Waals surface area contributed by atoms with Crippen LogP contribution in [0.1, 0.15) is 33.1 Å². The molecule has 0 aliphatic heterocycles. The van der Waals surface area contributed by atoms with E-state index in [1.807, 2.05) is 6.92 Å². The summed E-state index contributed by atoms with van der Waals surface area (Å²) in [6.45, 7) is 8.39. The summed E-state index contributed by atoms with van der Waals surface area (Å²) in [5, 5.41) is 3.00. The highest BCUT2D eigenvalue weighted by molar-refractivity contribution is 5.80. The third-order valence-electron chi connectivity index (χ3n) is 2.08. The quantitative estimate of drug-likeness (QED) is 0.591. The smallest absolute Gasteiger partial charge is 0.135 e. The summed E-state index contributed by atoms with van der Waals surface area (Å²) in [5.41, 5.74) is 0. The van der Waals surface area contributed by atoms with Gasteiger partial charge in [-0.15, -0.1) is 0 Å². The molecule has 0 aromatic carbocycles. The molecule has 0 aliphatic carbocycles. The van der Waals surface area contributed by atoms with Gasteiger partial charge < -0.3 is 5.32 Å². The molecule has 0 spiro atoms. The summed E-state index contributed by atoms with van der Waals surface area (Å²) in [5.74, 6) is 0.616. The maximum atomic E-state index is 11.3. The van der Waals surface area contributed by atoms with E-state index in [2.05, 4.69) is 18.8 Å². The van der Waals surface area contributed by atoms with E-state index in [0.717, 1.165) is 19.4 Å². The number of ketones is 1. The lowest BCUT2D eigenvalue weighted by Crippen LogP contribution is -2.18. The van der Waals surface area contributed by atoms with Crippen LogP contribution >= 0.6 is 0 Å². The highest BCUT2D eigenvalue weighted by atomic mass is 16.1. The average Bonchev–Trinajstić information content (AvgIpc) is 2.11. The van der Waals surface area contributed by atoms with Gasteiger partial charge in [0, 0.05) is 18.9 Å². The highest BCUT2D eigenvalue weighted by Crippen LogP contribution is 2.10. The van der Waals surface area contributed by atoms with Crippen molar-refractivity contribution in [3.63, 3.8) is 0 Å². The van der Waals surface area contributed by atoms with Crippen LogP contribution in [0.3, 0.4) is 0 Å². The van der Waals surface area contributed by atoms with Crippen LogP contribution in [0.25, 0.3) is 0 Å². The predicted octanol–water partition coefficient (Wildman–Crippen LogP) is 2.11. The number of hydrogen-bond acceptors (Lipinski definition) is 2. The molecule has 0 heterocycles. The molecule has 1 atom stereocenters. The summed E-state index contributed by atoms with van der Waals surface area (Å²) < 4.78 is 0. The van der Waals surface area contributed by atoms with E-state index in [4.69, 9.17) is 0 Å². The molecule has 0 radical (unpaired) electrons. The normalized spacial score (nSPS) is 12.2. The van der Waals surface area contributed by atoms with Crippen LogP contribution in [0.4, 0.5) is 0 Å². The topological polar surface area (TPSA) is 29.1 Å². The van der Waals surface area contributed by atoms with E-state index >= 15 is 0 Å². The largest absolute Gasteiger partial charge is 0.391 e. The maximum Gasteiger partial charge on any atom is 0.135 e. The van der Waals surface area contributed by atoms with Gasteiger partial charge >= 0.3 is 0 Å². The SMILES string of the molecule is C=CNCCC(CC)C(=O)CC. The van der Waals surface area contributed by atoms with E-state index < -0.39 is 0 Å². The Kier molecular flexibility index (Phi) is 6.44. The van der Waals surface area contributed by atoms with Gasteiger partial charge in [0.2, 0.25) is 0 Å². The van der Waals surface area contributed by atoms with Gasteiger partial charge in [0.15, 0.2) is 0 Å². The van der Waals surface area contributed by atoms with Gasteiger partial charge in [-0.05, 0) is 19.0 Å². The zero-order valence-corrected chi connectivity index (χ0v) is 8.10. The van der Waals surface area contributed by atoms with Crippen LogP contribution in [0.2, 0.25) is 0 Å². The third-order valence-corrected chi connectivity index (χ3v) is 2.08. The summed E-state index contributed by atoms with van der Waals surface area (Å²) in [6.07, 6.45) is 4.20. The Labute approximate surface area is 75.0 Å². The zero-order valence-electron chi connectivity index (χ0n) is 8.10. The lowest BCUT2D eigenvalue weighted by molar-refractivity contribution is -0.122. The molecule has 2 heteroatoms. The molecule has 0 amide bonds. The van der Waals surface area contributed by atoms with Gasteiger partial charge in [0.1, 0.15) is 5.78 Å². The van der Waals surface area contributed by atoms with E-state index in [1.165, 1.54) is 0 Å². The van der Waals surface area contributed by atoms with Crippen molar-refractivity contribution < 1.29 is 4.79 Å². The summed E-state index contributed by atoms with van der Waals surface area (Å²) in [4.78, 5) is 11.3. The van der Waals surface area contributed by atoms with E-state index in [0.29, 0.717) is 12.2 Å². The Balaban J connectivity index is 3.66. The van der Waals surface area contributed by atoms with Crippen molar-refractivity contribution in [2.24, 2.45) is 5.92 Å². The first-order valence-electron chi connectivity index (χ1n) is 4.63. The molecule has 0 saturated heterocycles. The first-order chi connectivity index (χ1) is 5.76. The second-order valence-electron chi connectivity index (χ2n) is 2.87. The lowest BCUT2D eigenvalue weighted by atomic mass is 9.96. The maximum absolute atomic E-state index is 11.3. The lowest BCUT2D eigenvalue weighted by Gasteiger charge is -2.11. The third kappa shape index (κ3) is 4.16. The van der Waals surface area contributed by atoms with Gasteiger partial charge in [-0.1, -0.05) is 20.4 Å². The zero-order chi connectivity index (χ0) is 9.40. The summed E-state index contributed by atoms with van der Waals surface area (Å²) in [6, 6.07) is 0. The molecule has 0 aliphatic rings. The van der Waals surface area contributed by atoms with Crippen molar-refractivity contribution in [1.82, 2.24) is 5.32 Å². The Morgan fingerprint density at radius 1 is 1.58 bits per heavy atom. The van der Waals surface area contributed by atoms with Gasteiger partial charge in [0.05, 0.1) is 0 Å². The highest BCUT2D eigenvalue weighted by Gasteiger charge is 2.12. The van der Waals surface area contributed by atoms with Crippen molar-refractivity contribution in [3.8, 4) is 0 Å². The number of carbonyl (C=O) groups excluding carboxylic acids is 1. The number of rotatable bonds is 7. The van der Waals surface area contributed by atoms with E-state index in [9.17, 15) is 4.79 Å². The van der Waals surface area contributed by atoms with Crippen LogP contribution in [-0.2, 0) is 4.79 Å². The molecule has 12 heavy (non-hydrogen) atoms. The van der Waals surface area contributed by atoms with Crippen LogP contribution in [0.5, 0.6) is 0 Å². The molecule has 1 N–H and O–H groups in total. The molecule has 2 nitrogen and oxygen atoms in total. The number of carbonyl (C=O) groups is 1. The Morgan fingerprint density at radius 2 is 2.25 bits per heavy atom. The van der Waals surface area contributed by atoms with Gasteiger partial charge in [-0.25, -0.2) is 0 Å². The molecular weight excluding hydrogens is 150 g/mol. The van der Waals surface area contributed by atoms with Crippen molar-refractivity contribution in [1.29, 1.82) is 0 Å². The molecule has 0 fully saturated rings. The fraction of sp³-hybridized carbons (Fsp3) is 0.700. The Hall–Kier alpha value is -0.790. The molecule has 0 rings (SSSR count). The van der Waals surface area contributed by atoms with E-state index in [1.54, 1.807) is 6.20 Å². The van der Waals surface area contributed by atoms with Crippen molar-refractivity contribution >= 4 is 5.78 Å². The van der Waals surface area contributed by atoms with Gasteiger partial charge in [-0.3, -0.25) is 4.79 Å². The van der Waals surface area contributed by atoms with E-state index in [-0.39, 0.29) is 5.92 Å². The molecule has 0 aromatic rings. The molecule has 0 saturated carbocycles. The fourth-order valence-electron chi connectivity index (χ4n) is 1.24.